The molecule has 4 aliphatic rings. The molecule has 4 bridgehead atoms. The summed E-state index contributed by atoms with van der Waals surface area (Å²) < 4.78 is 0. The first-order valence-electron chi connectivity index (χ1n) is 8.33. The van der Waals surface area contributed by atoms with Crippen LogP contribution in [0.5, 0.6) is 0 Å². The second-order valence-electron chi connectivity index (χ2n) is 7.47. The fraction of sp³-hybridized carbons (Fsp3) is 0.667. The summed E-state index contributed by atoms with van der Waals surface area (Å²) in [5, 5.41) is 3.70. The van der Waals surface area contributed by atoms with E-state index in [2.05, 4.69) is 23.5 Å². The average Bonchev–Trinajstić information content (AvgIpc) is 2.41. The van der Waals surface area contributed by atoms with Gasteiger partial charge in [-0.05, 0) is 85.9 Å². The molecule has 20 heavy (non-hydrogen) atoms. The topological polar surface area (TPSA) is 38.0 Å². The zero-order chi connectivity index (χ0) is 13.5. The highest BCUT2D eigenvalue weighted by Crippen LogP contribution is 2.56. The molecule has 0 spiro atoms. The number of nitrogens with one attached hydrogen (secondary N) is 1. The molecule has 1 aromatic rings. The lowest BCUT2D eigenvalue weighted by molar-refractivity contribution is -0.0355. The number of anilines is 1. The van der Waals surface area contributed by atoms with Crippen molar-refractivity contribution in [1.29, 1.82) is 0 Å². The lowest BCUT2D eigenvalue weighted by Gasteiger charge is -2.54. The van der Waals surface area contributed by atoms with Crippen LogP contribution in [0.2, 0.25) is 0 Å². The van der Waals surface area contributed by atoms with Crippen molar-refractivity contribution in [2.24, 2.45) is 29.6 Å². The van der Waals surface area contributed by atoms with Crippen LogP contribution in [0, 0.1) is 29.6 Å². The Morgan fingerprint density at radius 3 is 2.35 bits per heavy atom. The maximum atomic E-state index is 5.84. The minimum Gasteiger partial charge on any atom is -0.399 e. The number of nitrogens with two attached hydrogens (primary N) is 1. The minimum atomic E-state index is 0.874. The summed E-state index contributed by atoms with van der Waals surface area (Å²) in [6.45, 7) is 2.18. The van der Waals surface area contributed by atoms with Crippen LogP contribution in [0.4, 0.5) is 5.69 Å². The van der Waals surface area contributed by atoms with Crippen molar-refractivity contribution < 1.29 is 0 Å². The molecule has 2 heteroatoms. The Morgan fingerprint density at radius 2 is 1.70 bits per heavy atom. The molecule has 0 unspecified atom stereocenters. The number of nitrogen functional groups attached to an aromatic ring is 1. The molecule has 1 aromatic carbocycles. The van der Waals surface area contributed by atoms with Gasteiger partial charge in [0.2, 0.25) is 0 Å². The molecule has 0 aromatic heterocycles. The molecule has 0 amide bonds. The summed E-state index contributed by atoms with van der Waals surface area (Å²) in [5.41, 5.74) is 8.03. The molecule has 4 aliphatic carbocycles. The van der Waals surface area contributed by atoms with Crippen LogP contribution in [0.3, 0.4) is 0 Å². The van der Waals surface area contributed by atoms with Crippen molar-refractivity contribution in [3.8, 4) is 0 Å². The second kappa shape index (κ2) is 5.07. The third-order valence-electron chi connectivity index (χ3n) is 6.08. The van der Waals surface area contributed by atoms with Crippen molar-refractivity contribution in [3.05, 3.63) is 29.8 Å². The van der Waals surface area contributed by atoms with Gasteiger partial charge >= 0.3 is 0 Å². The van der Waals surface area contributed by atoms with E-state index in [9.17, 15) is 0 Å². The fourth-order valence-corrected chi connectivity index (χ4v) is 5.46. The Hall–Kier alpha value is -1.02. The summed E-state index contributed by atoms with van der Waals surface area (Å²) in [5.74, 6) is 5.17. The third kappa shape index (κ3) is 2.35. The standard InChI is InChI=1S/C18H26N2/c19-17-3-1-2-12(9-17)10-20-11-18-15-5-13-4-14(7-15)8-16(18)6-13/h1-3,9,13-16,18,20H,4-8,10-11,19H2. The monoisotopic (exact) mass is 270 g/mol. The van der Waals surface area contributed by atoms with E-state index in [1.807, 2.05) is 6.07 Å². The highest BCUT2D eigenvalue weighted by atomic mass is 14.9. The van der Waals surface area contributed by atoms with Gasteiger partial charge in [0, 0.05) is 12.2 Å². The molecule has 0 radical (unpaired) electrons. The van der Waals surface area contributed by atoms with Crippen molar-refractivity contribution in [1.82, 2.24) is 5.32 Å². The van der Waals surface area contributed by atoms with E-state index in [1.54, 1.807) is 6.42 Å². The van der Waals surface area contributed by atoms with Gasteiger partial charge < -0.3 is 11.1 Å². The minimum absolute atomic E-state index is 0.874. The zero-order valence-corrected chi connectivity index (χ0v) is 12.2. The average molecular weight is 270 g/mol. The molecular formula is C18H26N2. The Bertz CT molecular complexity index is 454. The molecule has 3 N–H and O–H groups in total. The zero-order valence-electron chi connectivity index (χ0n) is 12.2. The van der Waals surface area contributed by atoms with Crippen LogP contribution >= 0.6 is 0 Å². The van der Waals surface area contributed by atoms with Crippen molar-refractivity contribution in [2.75, 3.05) is 12.3 Å². The SMILES string of the molecule is Nc1cccc(CNCC2C3CC4CC(C3)CC2C4)c1. The van der Waals surface area contributed by atoms with Gasteiger partial charge in [-0.3, -0.25) is 0 Å². The normalized spacial score (nSPS) is 38.3. The second-order valence-corrected chi connectivity index (χ2v) is 7.47. The molecule has 4 saturated carbocycles. The van der Waals surface area contributed by atoms with Gasteiger partial charge in [0.1, 0.15) is 0 Å². The van der Waals surface area contributed by atoms with Crippen LogP contribution in [0.1, 0.15) is 37.7 Å². The van der Waals surface area contributed by atoms with Gasteiger partial charge in [0.15, 0.2) is 0 Å². The third-order valence-corrected chi connectivity index (χ3v) is 6.08. The number of benzene rings is 1. The lowest BCUT2D eigenvalue weighted by atomic mass is 9.52. The summed E-state index contributed by atoms with van der Waals surface area (Å²) in [6, 6.07) is 8.26. The Morgan fingerprint density at radius 1 is 1.00 bits per heavy atom. The van der Waals surface area contributed by atoms with Crippen molar-refractivity contribution >= 4 is 5.69 Å². The van der Waals surface area contributed by atoms with Crippen LogP contribution in [-0.4, -0.2) is 6.54 Å². The maximum Gasteiger partial charge on any atom is 0.0317 e. The van der Waals surface area contributed by atoms with Crippen LogP contribution in [-0.2, 0) is 6.54 Å². The number of hydrogen-bond donors (Lipinski definition) is 2. The predicted molar refractivity (Wildman–Crippen MR) is 83.1 cm³/mol. The van der Waals surface area contributed by atoms with E-state index in [0.29, 0.717) is 0 Å². The largest absolute Gasteiger partial charge is 0.399 e. The summed E-state index contributed by atoms with van der Waals surface area (Å²) >= 11 is 0. The molecule has 0 atom stereocenters. The highest BCUT2D eigenvalue weighted by molar-refractivity contribution is 5.40. The van der Waals surface area contributed by atoms with Gasteiger partial charge in [-0.15, -0.1) is 0 Å². The predicted octanol–water partition coefficient (Wildman–Crippen LogP) is 3.43. The van der Waals surface area contributed by atoms with Crippen molar-refractivity contribution in [2.45, 2.75) is 38.6 Å². The molecule has 0 heterocycles. The summed E-state index contributed by atoms with van der Waals surface area (Å²) in [6.07, 6.45) is 7.65. The number of hydrogen-bond acceptors (Lipinski definition) is 2. The van der Waals surface area contributed by atoms with Gasteiger partial charge in [-0.1, -0.05) is 12.1 Å². The van der Waals surface area contributed by atoms with Gasteiger partial charge in [0.05, 0.1) is 0 Å². The maximum absolute atomic E-state index is 5.84. The van der Waals surface area contributed by atoms with Crippen LogP contribution in [0.25, 0.3) is 0 Å². The Kier molecular flexibility index (Phi) is 3.22. The van der Waals surface area contributed by atoms with Gasteiger partial charge in [-0.25, -0.2) is 0 Å². The fourth-order valence-electron chi connectivity index (χ4n) is 5.46. The quantitative estimate of drug-likeness (QED) is 0.823. The lowest BCUT2D eigenvalue weighted by Crippen LogP contribution is -2.48. The van der Waals surface area contributed by atoms with E-state index in [-0.39, 0.29) is 0 Å². The first-order chi connectivity index (χ1) is 9.78. The summed E-state index contributed by atoms with van der Waals surface area (Å²) in [7, 11) is 0. The van der Waals surface area contributed by atoms with Gasteiger partial charge in [0.25, 0.3) is 0 Å². The first kappa shape index (κ1) is 12.7. The van der Waals surface area contributed by atoms with E-state index >= 15 is 0 Å². The number of rotatable bonds is 4. The van der Waals surface area contributed by atoms with E-state index in [0.717, 1.165) is 41.8 Å². The van der Waals surface area contributed by atoms with Crippen LogP contribution < -0.4 is 11.1 Å². The molecule has 2 nitrogen and oxygen atoms in total. The molecule has 108 valence electrons. The molecule has 4 fully saturated rings. The first-order valence-corrected chi connectivity index (χ1v) is 8.33. The van der Waals surface area contributed by atoms with Crippen LogP contribution in [0.15, 0.2) is 24.3 Å². The molecule has 5 rings (SSSR count). The Balaban J connectivity index is 1.34. The highest BCUT2D eigenvalue weighted by Gasteiger charge is 2.47. The summed E-state index contributed by atoms with van der Waals surface area (Å²) in [4.78, 5) is 0. The van der Waals surface area contributed by atoms with E-state index < -0.39 is 0 Å². The molecular weight excluding hydrogens is 244 g/mol. The molecule has 0 aliphatic heterocycles. The Labute approximate surface area is 122 Å². The van der Waals surface area contributed by atoms with Gasteiger partial charge in [-0.2, -0.15) is 0 Å². The van der Waals surface area contributed by atoms with E-state index in [4.69, 9.17) is 5.73 Å². The van der Waals surface area contributed by atoms with Crippen molar-refractivity contribution in [3.63, 3.8) is 0 Å². The van der Waals surface area contributed by atoms with E-state index in [1.165, 1.54) is 37.8 Å². The molecule has 0 saturated heterocycles. The smallest absolute Gasteiger partial charge is 0.0317 e.